The normalized spacial score (nSPS) is 25.9. The van der Waals surface area contributed by atoms with E-state index in [-0.39, 0.29) is 16.9 Å². The third-order valence-electron chi connectivity index (χ3n) is 9.38. The summed E-state index contributed by atoms with van der Waals surface area (Å²) in [5.41, 5.74) is -3.75. The molecule has 2 aliphatic heterocycles. The van der Waals surface area contributed by atoms with Crippen LogP contribution in [0.5, 0.6) is 0 Å². The van der Waals surface area contributed by atoms with Crippen LogP contribution in [-0.2, 0) is 16.1 Å². The van der Waals surface area contributed by atoms with E-state index in [1.807, 2.05) is 20.8 Å². The van der Waals surface area contributed by atoms with Crippen molar-refractivity contribution in [3.63, 3.8) is 0 Å². The summed E-state index contributed by atoms with van der Waals surface area (Å²) < 4.78 is 59.6. The van der Waals surface area contributed by atoms with Crippen LogP contribution in [0.25, 0.3) is 0 Å². The van der Waals surface area contributed by atoms with Crippen LogP contribution in [0.15, 0.2) is 35.5 Å². The second kappa shape index (κ2) is 7.95. The summed E-state index contributed by atoms with van der Waals surface area (Å²) in [7, 11) is -4.81. The fraction of sp³-hybridized carbons (Fsp3) is 0.654. The van der Waals surface area contributed by atoms with Crippen molar-refractivity contribution in [1.29, 1.82) is 4.78 Å². The predicted molar refractivity (Wildman–Crippen MR) is 132 cm³/mol. The van der Waals surface area contributed by atoms with E-state index in [4.69, 9.17) is 4.78 Å². The number of urea groups is 1. The molecule has 1 aromatic heterocycles. The largest absolute Gasteiger partial charge is 0.483 e. The Morgan fingerprint density at radius 2 is 1.58 bits per heavy atom. The van der Waals surface area contributed by atoms with Crippen LogP contribution < -0.4 is 0 Å². The average Bonchev–Trinajstić information content (AvgIpc) is 3.49. The Morgan fingerprint density at radius 1 is 1.00 bits per heavy atom. The van der Waals surface area contributed by atoms with Crippen molar-refractivity contribution < 1.29 is 22.2 Å². The standard InChI is InChI=1S/C26H31F3N6O2S/c27-26(28,29)38(30,37)21-5-1-17(2-6-21)7-18-8-24(9-18)12-33(13-24)23(36)34-14-25(15-34)10-20(11-25)35-16-31-22(32-35)19-3-4-19/h1-2,5-6,16,18-20,30H,3-4,7-15H2. The lowest BCUT2D eigenvalue weighted by Gasteiger charge is -2.63. The van der Waals surface area contributed by atoms with Gasteiger partial charge in [-0.25, -0.2) is 23.4 Å². The molecule has 1 N–H and O–H groups in total. The number of amides is 2. The first kappa shape index (κ1) is 24.4. The van der Waals surface area contributed by atoms with E-state index < -0.39 is 20.1 Å². The SMILES string of the molecule is N=S(=O)(c1ccc(CC2CC3(C2)CN(C(=O)N2CC4(CC(n5cnc(C6CC6)n5)C4)C2)C3)cc1)C(F)(F)F. The molecule has 38 heavy (non-hydrogen) atoms. The molecule has 1 atom stereocenters. The first-order valence-corrected chi connectivity index (χ1v) is 14.9. The third-order valence-corrected chi connectivity index (χ3v) is 11.0. The van der Waals surface area contributed by atoms with Crippen molar-refractivity contribution in [2.24, 2.45) is 16.7 Å². The van der Waals surface area contributed by atoms with Gasteiger partial charge in [-0.2, -0.15) is 18.3 Å². The third kappa shape index (κ3) is 3.93. The van der Waals surface area contributed by atoms with Gasteiger partial charge in [-0.15, -0.1) is 0 Å². The number of aromatic nitrogens is 3. The summed E-state index contributed by atoms with van der Waals surface area (Å²) in [6.45, 7) is 3.22. The summed E-state index contributed by atoms with van der Waals surface area (Å²) in [5, 5.41) is 4.67. The molecule has 0 radical (unpaired) electrons. The quantitative estimate of drug-likeness (QED) is 0.581. The molecule has 1 aromatic carbocycles. The summed E-state index contributed by atoms with van der Waals surface area (Å²) in [6.07, 6.45) is 9.15. The maximum Gasteiger partial charge on any atom is 0.483 e. The number of halogens is 3. The Labute approximate surface area is 219 Å². The van der Waals surface area contributed by atoms with Gasteiger partial charge < -0.3 is 9.80 Å². The lowest BCUT2D eigenvalue weighted by atomic mass is 9.56. The number of likely N-dealkylation sites (tertiary alicyclic amines) is 2. The molecule has 2 aromatic rings. The number of carbonyl (C=O) groups is 1. The number of benzene rings is 1. The number of nitrogens with one attached hydrogen (secondary N) is 1. The van der Waals surface area contributed by atoms with Gasteiger partial charge in [0.15, 0.2) is 15.6 Å². The Balaban J connectivity index is 0.842. The molecule has 3 saturated carbocycles. The highest BCUT2D eigenvalue weighted by molar-refractivity contribution is 7.93. The van der Waals surface area contributed by atoms with Crippen LogP contribution in [0.4, 0.5) is 18.0 Å². The van der Waals surface area contributed by atoms with E-state index in [1.54, 1.807) is 12.1 Å². The second-order valence-electron chi connectivity index (χ2n) is 12.5. The van der Waals surface area contributed by atoms with E-state index in [1.165, 1.54) is 12.8 Å². The fourth-order valence-electron chi connectivity index (χ4n) is 7.23. The molecule has 5 aliphatic rings. The fourth-order valence-corrected chi connectivity index (χ4v) is 8.01. The van der Waals surface area contributed by atoms with E-state index in [0.29, 0.717) is 17.9 Å². The minimum atomic E-state index is -5.07. The van der Waals surface area contributed by atoms with Gasteiger partial charge in [-0.3, -0.25) is 0 Å². The highest BCUT2D eigenvalue weighted by atomic mass is 32.2. The van der Waals surface area contributed by atoms with Gasteiger partial charge in [-0.05, 0) is 68.6 Å². The van der Waals surface area contributed by atoms with Gasteiger partial charge in [0, 0.05) is 42.9 Å². The molecular weight excluding hydrogens is 517 g/mol. The molecule has 2 saturated heterocycles. The highest BCUT2D eigenvalue weighted by Crippen LogP contribution is 2.56. The zero-order valence-corrected chi connectivity index (χ0v) is 21.8. The predicted octanol–water partition coefficient (Wildman–Crippen LogP) is 4.79. The molecule has 5 fully saturated rings. The first-order valence-electron chi connectivity index (χ1n) is 13.3. The van der Waals surface area contributed by atoms with Crippen molar-refractivity contribution in [2.75, 3.05) is 26.2 Å². The van der Waals surface area contributed by atoms with E-state index in [9.17, 15) is 22.2 Å². The smallest absolute Gasteiger partial charge is 0.323 e. The van der Waals surface area contributed by atoms with Gasteiger partial charge >= 0.3 is 11.5 Å². The number of hydrogen-bond acceptors (Lipinski definition) is 5. The van der Waals surface area contributed by atoms with Crippen LogP contribution in [0, 0.1) is 21.5 Å². The van der Waals surface area contributed by atoms with Crippen molar-refractivity contribution >= 4 is 15.8 Å². The number of hydrogen-bond donors (Lipinski definition) is 1. The van der Waals surface area contributed by atoms with Crippen LogP contribution >= 0.6 is 0 Å². The zero-order valence-electron chi connectivity index (χ0n) is 21.0. The minimum Gasteiger partial charge on any atom is -0.323 e. The molecular formula is C26H31F3N6O2S. The molecule has 7 rings (SSSR count). The number of carbonyl (C=O) groups excluding carboxylic acids is 1. The highest BCUT2D eigenvalue weighted by Gasteiger charge is 2.58. The Hall–Kier alpha value is -2.63. The first-order chi connectivity index (χ1) is 17.9. The van der Waals surface area contributed by atoms with Crippen LogP contribution in [0.2, 0.25) is 0 Å². The molecule has 3 heterocycles. The Bertz CT molecular complexity index is 1360. The number of nitrogens with zero attached hydrogens (tertiary/aromatic N) is 5. The monoisotopic (exact) mass is 548 g/mol. The number of rotatable bonds is 5. The molecule has 3 aliphatic carbocycles. The Kier molecular flexibility index (Phi) is 5.11. The molecule has 2 spiro atoms. The minimum absolute atomic E-state index is 0.143. The van der Waals surface area contributed by atoms with Crippen LogP contribution in [0.1, 0.15) is 61.9 Å². The van der Waals surface area contributed by atoms with E-state index in [2.05, 4.69) is 10.1 Å². The molecule has 1 unspecified atom stereocenters. The van der Waals surface area contributed by atoms with E-state index in [0.717, 1.165) is 81.8 Å². The molecule has 204 valence electrons. The topological polar surface area (TPSA) is 95.2 Å². The zero-order chi connectivity index (χ0) is 26.5. The lowest BCUT2D eigenvalue weighted by Crippen LogP contribution is -2.71. The average molecular weight is 549 g/mol. The summed E-state index contributed by atoms with van der Waals surface area (Å²) in [4.78, 5) is 20.8. The van der Waals surface area contributed by atoms with Crippen molar-refractivity contribution in [2.45, 2.75) is 67.3 Å². The number of alkyl halides is 3. The summed E-state index contributed by atoms with van der Waals surface area (Å²) >= 11 is 0. The van der Waals surface area contributed by atoms with Gasteiger partial charge in [-0.1, -0.05) is 12.1 Å². The van der Waals surface area contributed by atoms with Gasteiger partial charge in [0.05, 0.1) is 10.9 Å². The van der Waals surface area contributed by atoms with Gasteiger partial charge in [0.25, 0.3) is 0 Å². The summed E-state index contributed by atoms with van der Waals surface area (Å²) in [6, 6.07) is 5.98. The molecule has 12 heteroatoms. The van der Waals surface area contributed by atoms with Crippen molar-refractivity contribution in [1.82, 2.24) is 24.6 Å². The lowest BCUT2D eigenvalue weighted by molar-refractivity contribution is -0.107. The van der Waals surface area contributed by atoms with Gasteiger partial charge in [0.2, 0.25) is 0 Å². The van der Waals surface area contributed by atoms with Crippen LogP contribution in [0.3, 0.4) is 0 Å². The van der Waals surface area contributed by atoms with Crippen LogP contribution in [-0.4, -0.2) is 66.5 Å². The van der Waals surface area contributed by atoms with Crippen molar-refractivity contribution in [3.8, 4) is 0 Å². The molecule has 2 amide bonds. The Morgan fingerprint density at radius 3 is 2.13 bits per heavy atom. The molecule has 0 bridgehead atoms. The maximum atomic E-state index is 13.0. The second-order valence-corrected chi connectivity index (χ2v) is 14.6. The van der Waals surface area contributed by atoms with Gasteiger partial charge in [0.1, 0.15) is 6.33 Å². The summed E-state index contributed by atoms with van der Waals surface area (Å²) in [5.74, 6) is 1.98. The maximum absolute atomic E-state index is 13.0. The molecule has 8 nitrogen and oxygen atoms in total. The van der Waals surface area contributed by atoms with Crippen molar-refractivity contribution in [3.05, 3.63) is 42.0 Å². The van der Waals surface area contributed by atoms with E-state index >= 15 is 0 Å².